The Kier molecular flexibility index (Phi) is 10.3. The molecule has 0 bridgehead atoms. The van der Waals surface area contributed by atoms with Gasteiger partial charge in [0, 0.05) is 45.0 Å². The van der Waals surface area contributed by atoms with Gasteiger partial charge in [-0.25, -0.2) is 4.79 Å². The summed E-state index contributed by atoms with van der Waals surface area (Å²) in [6, 6.07) is 13.8. The lowest BCUT2D eigenvalue weighted by atomic mass is 9.77. The van der Waals surface area contributed by atoms with Crippen LogP contribution in [0.25, 0.3) is 0 Å². The summed E-state index contributed by atoms with van der Waals surface area (Å²) in [7, 11) is 1.79. The standard InChI is InChI=1S/C31H46N6O2/c1-3-4-18-31(21-24-10-6-5-7-11-24)28(38)37(29(32)35-31)23-26-15-13-25(14-16-26)22-34-30(39)36(2)20-17-27-12-8-9-19-33-27/h8-9,12-16,19,24,29,35H,3-7,10-11,17-18,20-23,32H2,1-2H3,(H,34,39). The molecule has 8 heteroatoms. The molecular weight excluding hydrogens is 488 g/mol. The number of nitrogens with two attached hydrogens (primary N) is 1. The molecule has 2 unspecified atom stereocenters. The Morgan fingerprint density at radius 1 is 1.15 bits per heavy atom. The zero-order chi connectivity index (χ0) is 27.7. The van der Waals surface area contributed by atoms with Crippen LogP contribution in [-0.4, -0.2) is 52.1 Å². The first kappa shape index (κ1) is 29.0. The van der Waals surface area contributed by atoms with Crippen LogP contribution in [0, 0.1) is 5.92 Å². The van der Waals surface area contributed by atoms with E-state index in [1.807, 2.05) is 47.4 Å². The van der Waals surface area contributed by atoms with Crippen LogP contribution in [0.15, 0.2) is 48.7 Å². The number of nitrogens with one attached hydrogen (secondary N) is 2. The Morgan fingerprint density at radius 3 is 2.59 bits per heavy atom. The Bertz CT molecular complexity index is 1060. The Balaban J connectivity index is 1.29. The normalized spacial score (nSPS) is 21.8. The van der Waals surface area contributed by atoms with Gasteiger partial charge in [-0.1, -0.05) is 82.2 Å². The van der Waals surface area contributed by atoms with E-state index in [0.29, 0.717) is 32.0 Å². The largest absolute Gasteiger partial charge is 0.334 e. The maximum absolute atomic E-state index is 13.8. The number of benzene rings is 1. The lowest BCUT2D eigenvalue weighted by Gasteiger charge is -2.33. The van der Waals surface area contributed by atoms with Crippen molar-refractivity contribution in [3.63, 3.8) is 0 Å². The fraction of sp³-hybridized carbons (Fsp3) is 0.581. The fourth-order valence-corrected chi connectivity index (χ4v) is 5.99. The van der Waals surface area contributed by atoms with Gasteiger partial charge in [0.1, 0.15) is 11.8 Å². The van der Waals surface area contributed by atoms with Gasteiger partial charge in [-0.15, -0.1) is 0 Å². The van der Waals surface area contributed by atoms with E-state index in [-0.39, 0.29) is 11.9 Å². The van der Waals surface area contributed by atoms with Crippen molar-refractivity contribution in [2.75, 3.05) is 13.6 Å². The molecule has 2 atom stereocenters. The van der Waals surface area contributed by atoms with Crippen LogP contribution in [-0.2, 0) is 24.3 Å². The molecule has 1 aromatic heterocycles. The Hall–Kier alpha value is -2.97. The van der Waals surface area contributed by atoms with E-state index in [1.54, 1.807) is 18.1 Å². The molecule has 1 aromatic carbocycles. The molecule has 1 aliphatic heterocycles. The molecule has 4 N–H and O–H groups in total. The minimum absolute atomic E-state index is 0.115. The highest BCUT2D eigenvalue weighted by Gasteiger charge is 2.50. The Morgan fingerprint density at radius 2 is 1.90 bits per heavy atom. The van der Waals surface area contributed by atoms with E-state index >= 15 is 0 Å². The average molecular weight is 535 g/mol. The number of carbonyl (C=O) groups is 2. The molecule has 1 aliphatic carbocycles. The molecule has 2 aromatic rings. The fourth-order valence-electron chi connectivity index (χ4n) is 5.99. The van der Waals surface area contributed by atoms with Gasteiger partial charge in [-0.3, -0.25) is 20.8 Å². The predicted molar refractivity (Wildman–Crippen MR) is 154 cm³/mol. The van der Waals surface area contributed by atoms with Crippen LogP contribution in [0.2, 0.25) is 0 Å². The molecule has 2 heterocycles. The molecule has 0 radical (unpaired) electrons. The second-order valence-electron chi connectivity index (χ2n) is 11.4. The topological polar surface area (TPSA) is 104 Å². The average Bonchev–Trinajstić information content (AvgIpc) is 3.19. The summed E-state index contributed by atoms with van der Waals surface area (Å²) in [5, 5.41) is 6.53. The highest BCUT2D eigenvalue weighted by atomic mass is 16.2. The molecule has 4 rings (SSSR count). The quantitative estimate of drug-likeness (QED) is 0.371. The van der Waals surface area contributed by atoms with Crippen LogP contribution in [0.1, 0.15) is 81.5 Å². The molecule has 39 heavy (non-hydrogen) atoms. The lowest BCUT2D eigenvalue weighted by Crippen LogP contribution is -2.50. The van der Waals surface area contributed by atoms with Crippen molar-refractivity contribution in [1.29, 1.82) is 0 Å². The molecule has 212 valence electrons. The minimum atomic E-state index is -0.537. The third kappa shape index (κ3) is 7.79. The van der Waals surface area contributed by atoms with Gasteiger partial charge in [0.15, 0.2) is 0 Å². The number of urea groups is 1. The summed E-state index contributed by atoms with van der Waals surface area (Å²) >= 11 is 0. The van der Waals surface area contributed by atoms with Gasteiger partial charge in [0.05, 0.1) is 0 Å². The highest BCUT2D eigenvalue weighted by molar-refractivity contribution is 5.88. The number of hydrogen-bond acceptors (Lipinski definition) is 5. The van der Waals surface area contributed by atoms with Crippen molar-refractivity contribution in [1.82, 2.24) is 25.4 Å². The molecule has 3 amide bonds. The van der Waals surface area contributed by atoms with Crippen molar-refractivity contribution in [3.05, 3.63) is 65.5 Å². The number of carbonyl (C=O) groups excluding carboxylic acids is 2. The zero-order valence-electron chi connectivity index (χ0n) is 23.7. The molecule has 1 saturated heterocycles. The lowest BCUT2D eigenvalue weighted by molar-refractivity contribution is -0.134. The highest BCUT2D eigenvalue weighted by Crippen LogP contribution is 2.37. The third-order valence-electron chi connectivity index (χ3n) is 8.35. The molecule has 0 spiro atoms. The summed E-state index contributed by atoms with van der Waals surface area (Å²) in [6.45, 7) is 3.70. The second kappa shape index (κ2) is 13.9. The van der Waals surface area contributed by atoms with E-state index in [0.717, 1.165) is 42.5 Å². The van der Waals surface area contributed by atoms with Crippen LogP contribution in [0.4, 0.5) is 4.79 Å². The number of rotatable bonds is 12. The number of pyridine rings is 1. The molecule has 1 saturated carbocycles. The first-order valence-electron chi connectivity index (χ1n) is 14.7. The van der Waals surface area contributed by atoms with E-state index in [9.17, 15) is 9.59 Å². The van der Waals surface area contributed by atoms with Gasteiger partial charge in [0.25, 0.3) is 0 Å². The number of hydrogen-bond donors (Lipinski definition) is 3. The van der Waals surface area contributed by atoms with Crippen LogP contribution in [0.5, 0.6) is 0 Å². The molecular formula is C31H46N6O2. The minimum Gasteiger partial charge on any atom is -0.334 e. The van der Waals surface area contributed by atoms with Crippen LogP contribution in [0.3, 0.4) is 0 Å². The molecule has 2 aliphatic rings. The van der Waals surface area contributed by atoms with Crippen molar-refractivity contribution in [3.8, 4) is 0 Å². The van der Waals surface area contributed by atoms with Gasteiger partial charge < -0.3 is 15.1 Å². The number of nitrogens with zero attached hydrogens (tertiary/aromatic N) is 3. The van der Waals surface area contributed by atoms with E-state index < -0.39 is 11.8 Å². The number of unbranched alkanes of at least 4 members (excludes halogenated alkanes) is 1. The van der Waals surface area contributed by atoms with Crippen molar-refractivity contribution in [2.24, 2.45) is 11.7 Å². The van der Waals surface area contributed by atoms with Crippen LogP contribution >= 0.6 is 0 Å². The van der Waals surface area contributed by atoms with Gasteiger partial charge >= 0.3 is 6.03 Å². The van der Waals surface area contributed by atoms with E-state index in [2.05, 4.69) is 22.5 Å². The smallest absolute Gasteiger partial charge is 0.317 e. The van der Waals surface area contributed by atoms with Crippen molar-refractivity contribution in [2.45, 2.75) is 96.1 Å². The van der Waals surface area contributed by atoms with Gasteiger partial charge in [-0.2, -0.15) is 0 Å². The van der Waals surface area contributed by atoms with Crippen molar-refractivity contribution >= 4 is 11.9 Å². The van der Waals surface area contributed by atoms with Crippen LogP contribution < -0.4 is 16.4 Å². The van der Waals surface area contributed by atoms with E-state index in [1.165, 1.54) is 32.1 Å². The summed E-state index contributed by atoms with van der Waals surface area (Å²) in [6.07, 6.45) is 12.1. The number of amides is 3. The Labute approximate surface area is 233 Å². The zero-order valence-corrected chi connectivity index (χ0v) is 23.7. The monoisotopic (exact) mass is 534 g/mol. The summed E-state index contributed by atoms with van der Waals surface area (Å²) in [5.41, 5.74) is 8.98. The van der Waals surface area contributed by atoms with Gasteiger partial charge in [0.2, 0.25) is 5.91 Å². The predicted octanol–water partition coefficient (Wildman–Crippen LogP) is 4.54. The summed E-state index contributed by atoms with van der Waals surface area (Å²) < 4.78 is 0. The third-order valence-corrected chi connectivity index (χ3v) is 8.35. The number of aromatic nitrogens is 1. The second-order valence-corrected chi connectivity index (χ2v) is 11.4. The SMILES string of the molecule is CCCCC1(CC2CCCCC2)NC(N)N(Cc2ccc(CNC(=O)N(C)CCc3ccccn3)cc2)C1=O. The molecule has 2 fully saturated rings. The summed E-state index contributed by atoms with van der Waals surface area (Å²) in [4.78, 5) is 34.1. The molecule has 8 nitrogen and oxygen atoms in total. The first-order chi connectivity index (χ1) is 18.9. The summed E-state index contributed by atoms with van der Waals surface area (Å²) in [5.74, 6) is 0.752. The van der Waals surface area contributed by atoms with Crippen molar-refractivity contribution < 1.29 is 9.59 Å². The van der Waals surface area contributed by atoms with E-state index in [4.69, 9.17) is 5.73 Å². The maximum atomic E-state index is 13.8. The van der Waals surface area contributed by atoms with Gasteiger partial charge in [-0.05, 0) is 42.0 Å². The first-order valence-corrected chi connectivity index (χ1v) is 14.7. The number of likely N-dealkylation sites (N-methyl/N-ethyl adjacent to an activating group) is 1. The maximum Gasteiger partial charge on any atom is 0.317 e.